The molecule has 2 saturated carbocycles. The van der Waals surface area contributed by atoms with E-state index in [0.29, 0.717) is 36.3 Å². The van der Waals surface area contributed by atoms with Crippen LogP contribution in [0.4, 0.5) is 0 Å². The molecule has 1 aromatic rings. The van der Waals surface area contributed by atoms with Crippen LogP contribution >= 0.6 is 0 Å². The number of allylic oxidation sites excluding steroid dienone is 2. The first kappa shape index (κ1) is 35.5. The number of carbonyl (C=O) groups is 2. The lowest BCUT2D eigenvalue weighted by Crippen LogP contribution is -2.75. The molecule has 5 fully saturated rings. The third-order valence-corrected chi connectivity index (χ3v) is 16.3. The van der Waals surface area contributed by atoms with E-state index in [9.17, 15) is 4.79 Å². The standard InChI is InChI=1S/C47H63N3O4/c1-3-9-40-45-25-35-19-20-46(45,47(40)38-14-7-12-34(13-8-21-48)42(38)43(51)54-47)41(53-44(45)52)18-16-36(24-31-10-5-4-6-11-31)49-26-32-23-33(27-49)29-50(28-32)39-17-15-30(2)22-37(35)39/h7,12,14,17-18,25,30-33,36-37,40H,3-6,8-11,13,15-16,19-24,26-29,48H2,1-2H3/b41-18+/t30-,32-,33+,36-,37-,40-,45-,46+,47+/m0/s1. The summed E-state index contributed by atoms with van der Waals surface area (Å²) in [6.07, 6.45) is 24.8. The van der Waals surface area contributed by atoms with Crippen LogP contribution in [-0.2, 0) is 26.3 Å². The van der Waals surface area contributed by atoms with Gasteiger partial charge in [-0.15, -0.1) is 0 Å². The molecule has 13 rings (SSSR count). The third-order valence-electron chi connectivity index (χ3n) is 16.3. The second-order valence-corrected chi connectivity index (χ2v) is 19.4. The predicted molar refractivity (Wildman–Crippen MR) is 210 cm³/mol. The molecular weight excluding hydrogens is 671 g/mol. The summed E-state index contributed by atoms with van der Waals surface area (Å²) in [6, 6.07) is 6.77. The Balaban J connectivity index is 1.17. The number of nitrogens with zero attached hydrogens (tertiary/aromatic N) is 2. The average Bonchev–Trinajstić information content (AvgIpc) is 3.62. The van der Waals surface area contributed by atoms with E-state index >= 15 is 4.79 Å². The maximum Gasteiger partial charge on any atom is 0.339 e. The first-order valence-electron chi connectivity index (χ1n) is 22.2. The highest BCUT2D eigenvalue weighted by molar-refractivity contribution is 5.99. The second-order valence-electron chi connectivity index (χ2n) is 19.4. The zero-order valence-electron chi connectivity index (χ0n) is 33.0. The van der Waals surface area contributed by atoms with Crippen molar-refractivity contribution in [3.8, 4) is 0 Å². The first-order valence-corrected chi connectivity index (χ1v) is 22.2. The Morgan fingerprint density at radius 3 is 2.57 bits per heavy atom. The van der Waals surface area contributed by atoms with Crippen molar-refractivity contribution in [1.29, 1.82) is 0 Å². The highest BCUT2D eigenvalue weighted by atomic mass is 16.6. The monoisotopic (exact) mass is 733 g/mol. The number of ether oxygens (including phenoxy) is 2. The largest absolute Gasteiger partial charge is 0.449 e. The third kappa shape index (κ3) is 4.91. The van der Waals surface area contributed by atoms with Crippen molar-refractivity contribution >= 4 is 11.9 Å². The van der Waals surface area contributed by atoms with Gasteiger partial charge in [-0.3, -0.25) is 9.69 Å². The van der Waals surface area contributed by atoms with Gasteiger partial charge in [0.15, 0.2) is 5.60 Å². The molecule has 7 heteroatoms. The molecule has 2 spiro atoms. The number of nitrogens with two attached hydrogens (primary N) is 1. The minimum atomic E-state index is -0.930. The molecule has 0 radical (unpaired) electrons. The summed E-state index contributed by atoms with van der Waals surface area (Å²) in [5.41, 5.74) is 9.16. The van der Waals surface area contributed by atoms with Crippen LogP contribution in [0.15, 0.2) is 53.5 Å². The molecule has 12 aliphatic rings. The molecule has 0 aromatic heterocycles. The summed E-state index contributed by atoms with van der Waals surface area (Å²) in [5.74, 6) is 3.36. The van der Waals surface area contributed by atoms with E-state index in [4.69, 9.17) is 15.2 Å². The molecule has 10 atom stereocenters. The number of aryl methyl sites for hydroxylation is 1. The Bertz CT molecular complexity index is 1780. The van der Waals surface area contributed by atoms with Crippen LogP contribution in [0.3, 0.4) is 0 Å². The number of rotatable bonds is 7. The zero-order chi connectivity index (χ0) is 36.8. The van der Waals surface area contributed by atoms with Gasteiger partial charge in [-0.2, -0.15) is 0 Å². The number of hydrogen-bond acceptors (Lipinski definition) is 7. The number of benzene rings is 1. The van der Waals surface area contributed by atoms with Gasteiger partial charge >= 0.3 is 11.9 Å². The lowest BCUT2D eigenvalue weighted by Gasteiger charge is -2.69. The smallest absolute Gasteiger partial charge is 0.339 e. The van der Waals surface area contributed by atoms with Gasteiger partial charge in [0.25, 0.3) is 0 Å². The highest BCUT2D eigenvalue weighted by Gasteiger charge is 2.91. The van der Waals surface area contributed by atoms with Gasteiger partial charge in [0.05, 0.1) is 11.0 Å². The second kappa shape index (κ2) is 13.4. The van der Waals surface area contributed by atoms with Gasteiger partial charge in [0, 0.05) is 55.3 Å². The zero-order valence-corrected chi connectivity index (χ0v) is 33.0. The summed E-state index contributed by atoms with van der Waals surface area (Å²) in [5, 5.41) is 0. The minimum Gasteiger partial charge on any atom is -0.449 e. The van der Waals surface area contributed by atoms with Crippen LogP contribution in [-0.4, -0.2) is 60.5 Å². The van der Waals surface area contributed by atoms with Crippen LogP contribution in [0, 0.1) is 46.3 Å². The fourth-order valence-corrected chi connectivity index (χ4v) is 14.4. The van der Waals surface area contributed by atoms with E-state index in [2.05, 4.69) is 60.1 Å². The Kier molecular flexibility index (Phi) is 8.78. The normalized spacial score (nSPS) is 41.8. The van der Waals surface area contributed by atoms with Crippen LogP contribution in [0.1, 0.15) is 132 Å². The lowest BCUT2D eigenvalue weighted by atomic mass is 9.31. The summed E-state index contributed by atoms with van der Waals surface area (Å²) in [6.45, 7) is 9.85. The van der Waals surface area contributed by atoms with Gasteiger partial charge in [0.2, 0.25) is 0 Å². The molecule has 1 aromatic carbocycles. The van der Waals surface area contributed by atoms with Gasteiger partial charge < -0.3 is 20.1 Å². The predicted octanol–water partition coefficient (Wildman–Crippen LogP) is 8.43. The fraction of sp³-hybridized carbons (Fsp3) is 0.702. The lowest BCUT2D eigenvalue weighted by molar-refractivity contribution is -0.271. The molecule has 8 heterocycles. The minimum absolute atomic E-state index is 0.105. The van der Waals surface area contributed by atoms with E-state index in [1.807, 2.05) is 0 Å². The number of esters is 2. The first-order chi connectivity index (χ1) is 26.3. The summed E-state index contributed by atoms with van der Waals surface area (Å²) in [4.78, 5) is 35.2. The van der Waals surface area contributed by atoms with Crippen LogP contribution in [0.5, 0.6) is 0 Å². The molecule has 8 aliphatic heterocycles. The van der Waals surface area contributed by atoms with Gasteiger partial charge in [-0.05, 0) is 106 Å². The van der Waals surface area contributed by atoms with Crippen molar-refractivity contribution in [2.45, 2.75) is 128 Å². The van der Waals surface area contributed by atoms with Gasteiger partial charge in [-0.25, -0.2) is 4.79 Å². The summed E-state index contributed by atoms with van der Waals surface area (Å²) < 4.78 is 13.8. The average molecular weight is 734 g/mol. The Hall–Kier alpha value is -2.90. The summed E-state index contributed by atoms with van der Waals surface area (Å²) >= 11 is 0. The quantitative estimate of drug-likeness (QED) is 0.223. The van der Waals surface area contributed by atoms with E-state index in [1.54, 1.807) is 0 Å². The maximum absolute atomic E-state index is 15.1. The fourth-order valence-electron chi connectivity index (χ4n) is 14.4. The Labute approximate surface area is 323 Å². The van der Waals surface area contributed by atoms with Crippen molar-refractivity contribution in [3.05, 3.63) is 70.1 Å². The molecule has 54 heavy (non-hydrogen) atoms. The van der Waals surface area contributed by atoms with Crippen molar-refractivity contribution in [1.82, 2.24) is 9.80 Å². The number of carbonyl (C=O) groups excluding carboxylic acids is 2. The maximum atomic E-state index is 15.1. The summed E-state index contributed by atoms with van der Waals surface area (Å²) in [7, 11) is 0. The number of hydrogen-bond donors (Lipinski definition) is 1. The Morgan fingerprint density at radius 2 is 1.80 bits per heavy atom. The molecule has 7 nitrogen and oxygen atoms in total. The van der Waals surface area contributed by atoms with E-state index in [1.165, 1.54) is 69.3 Å². The number of fused-ring (bicyclic) bond motifs is 2. The molecule has 8 bridgehead atoms. The topological polar surface area (TPSA) is 85.1 Å². The molecular formula is C47H63N3O4. The van der Waals surface area contributed by atoms with Crippen molar-refractivity contribution in [2.75, 3.05) is 32.7 Å². The molecule has 290 valence electrons. The molecule has 4 aliphatic carbocycles. The van der Waals surface area contributed by atoms with Crippen LogP contribution in [0.25, 0.3) is 0 Å². The van der Waals surface area contributed by atoms with Gasteiger partial charge in [0.1, 0.15) is 11.2 Å². The highest BCUT2D eigenvalue weighted by Crippen LogP contribution is 2.84. The SMILES string of the molecule is CCC[C@@H]1[C@@]2(OC(=O)c3c(CCCN)cccc32)[C@@]23CCC4=C[C@@]12C(=O)O/C3=C/C[C@@H](CC1CCCCC1)N1C[C@@H]2C[C@@H](CN(C2)C2=CC[C@H](C)C[C@@H]42)C1. The van der Waals surface area contributed by atoms with Crippen molar-refractivity contribution < 1.29 is 19.1 Å². The van der Waals surface area contributed by atoms with E-state index in [-0.39, 0.29) is 17.9 Å². The number of piperidine rings is 2. The van der Waals surface area contributed by atoms with Crippen LogP contribution in [0.2, 0.25) is 0 Å². The van der Waals surface area contributed by atoms with Crippen LogP contribution < -0.4 is 5.73 Å². The Morgan fingerprint density at radius 1 is 0.981 bits per heavy atom. The van der Waals surface area contributed by atoms with Crippen molar-refractivity contribution in [2.24, 2.45) is 52.1 Å². The van der Waals surface area contributed by atoms with Crippen molar-refractivity contribution in [3.63, 3.8) is 0 Å². The van der Waals surface area contributed by atoms with E-state index < -0.39 is 16.4 Å². The molecule has 2 N–H and O–H groups in total. The molecule has 1 unspecified atom stereocenters. The molecule has 3 saturated heterocycles. The molecule has 0 amide bonds. The van der Waals surface area contributed by atoms with E-state index in [0.717, 1.165) is 99.2 Å². The van der Waals surface area contributed by atoms with Gasteiger partial charge in [-0.1, -0.05) is 88.3 Å².